The first-order valence-electron chi connectivity index (χ1n) is 6.06. The molecule has 0 amide bonds. The molecule has 1 N–H and O–H groups in total. The molecule has 16 heavy (non-hydrogen) atoms. The largest absolute Gasteiger partial charge is 0.311 e. The zero-order chi connectivity index (χ0) is 10.1. The van der Waals surface area contributed by atoms with Crippen molar-refractivity contribution in [3.8, 4) is 0 Å². The molecule has 1 aromatic rings. The molecule has 2 saturated heterocycles. The third kappa shape index (κ3) is 2.55. The molecule has 2 bridgehead atoms. The van der Waals surface area contributed by atoms with Crippen molar-refractivity contribution in [1.82, 2.24) is 10.3 Å². The Labute approximate surface area is 103 Å². The summed E-state index contributed by atoms with van der Waals surface area (Å²) in [5.74, 6) is 0.860. The zero-order valence-corrected chi connectivity index (χ0v) is 10.2. The van der Waals surface area contributed by atoms with Gasteiger partial charge >= 0.3 is 0 Å². The summed E-state index contributed by atoms with van der Waals surface area (Å²) in [7, 11) is 0. The number of fused-ring (bicyclic) bond motifs is 2. The number of piperidine rings is 1. The Kier molecular flexibility index (Phi) is 3.82. The zero-order valence-electron chi connectivity index (χ0n) is 9.43. The molecule has 3 heteroatoms. The molecule has 0 radical (unpaired) electrons. The van der Waals surface area contributed by atoms with Gasteiger partial charge in [0.15, 0.2) is 0 Å². The fraction of sp³-hybridized carbons (Fsp3) is 0.615. The number of hydrogen-bond acceptors (Lipinski definition) is 2. The van der Waals surface area contributed by atoms with Crippen molar-refractivity contribution in [2.45, 2.75) is 44.2 Å². The lowest BCUT2D eigenvalue weighted by Gasteiger charge is -2.28. The molecule has 0 aromatic carbocycles. The number of nitrogens with one attached hydrogen (secondary N) is 1. The molecular weight excluding hydrogens is 220 g/mol. The molecule has 2 atom stereocenters. The lowest BCUT2D eigenvalue weighted by molar-refractivity contribution is 0.297. The Bertz CT molecular complexity index is 316. The molecule has 3 heterocycles. The van der Waals surface area contributed by atoms with E-state index in [1.165, 1.54) is 37.8 Å². The van der Waals surface area contributed by atoms with Gasteiger partial charge in [-0.2, -0.15) is 0 Å². The van der Waals surface area contributed by atoms with Gasteiger partial charge in [-0.25, -0.2) is 0 Å². The third-order valence-corrected chi connectivity index (χ3v) is 3.79. The molecule has 0 aliphatic carbocycles. The minimum atomic E-state index is 0. The topological polar surface area (TPSA) is 24.9 Å². The van der Waals surface area contributed by atoms with Crippen molar-refractivity contribution < 1.29 is 0 Å². The summed E-state index contributed by atoms with van der Waals surface area (Å²) in [6, 6.07) is 7.85. The third-order valence-electron chi connectivity index (χ3n) is 3.79. The summed E-state index contributed by atoms with van der Waals surface area (Å²) >= 11 is 0. The molecule has 0 spiro atoms. The van der Waals surface area contributed by atoms with Gasteiger partial charge in [-0.05, 0) is 50.2 Å². The Morgan fingerprint density at radius 1 is 1.19 bits per heavy atom. The number of nitrogens with zero attached hydrogens (tertiary/aromatic N) is 1. The van der Waals surface area contributed by atoms with Crippen molar-refractivity contribution in [3.05, 3.63) is 30.1 Å². The van der Waals surface area contributed by atoms with Gasteiger partial charge in [0.2, 0.25) is 0 Å². The van der Waals surface area contributed by atoms with Crippen molar-refractivity contribution in [3.63, 3.8) is 0 Å². The van der Waals surface area contributed by atoms with Gasteiger partial charge in [-0.3, -0.25) is 4.98 Å². The first-order chi connectivity index (χ1) is 7.40. The van der Waals surface area contributed by atoms with Crippen LogP contribution in [-0.2, 0) is 6.42 Å². The Morgan fingerprint density at radius 2 is 1.94 bits per heavy atom. The maximum absolute atomic E-state index is 4.42. The van der Waals surface area contributed by atoms with Gasteiger partial charge in [0, 0.05) is 24.0 Å². The van der Waals surface area contributed by atoms with Crippen LogP contribution in [0.2, 0.25) is 0 Å². The van der Waals surface area contributed by atoms with E-state index >= 15 is 0 Å². The first-order valence-corrected chi connectivity index (χ1v) is 6.06. The van der Waals surface area contributed by atoms with Crippen molar-refractivity contribution >= 4 is 12.4 Å². The molecular formula is C13H19ClN2. The van der Waals surface area contributed by atoms with E-state index in [-0.39, 0.29) is 12.4 Å². The highest BCUT2D eigenvalue weighted by atomic mass is 35.5. The molecule has 2 unspecified atom stereocenters. The van der Waals surface area contributed by atoms with Gasteiger partial charge in [0.1, 0.15) is 0 Å². The SMILES string of the molecule is Cl.c1ccc(CC2CC3CCC(C2)N3)nc1. The van der Waals surface area contributed by atoms with Crippen LogP contribution in [-0.4, -0.2) is 17.1 Å². The Hall–Kier alpha value is -0.600. The maximum Gasteiger partial charge on any atom is 0.0406 e. The monoisotopic (exact) mass is 238 g/mol. The summed E-state index contributed by atoms with van der Waals surface area (Å²) in [5, 5.41) is 3.69. The first kappa shape index (κ1) is 11.9. The van der Waals surface area contributed by atoms with Crippen LogP contribution >= 0.6 is 12.4 Å². The number of halogens is 1. The molecule has 0 saturated carbocycles. The van der Waals surface area contributed by atoms with Crippen LogP contribution in [0.3, 0.4) is 0 Å². The number of aromatic nitrogens is 1. The van der Waals surface area contributed by atoms with Crippen molar-refractivity contribution in [1.29, 1.82) is 0 Å². The summed E-state index contributed by atoms with van der Waals surface area (Å²) in [6.45, 7) is 0. The number of hydrogen-bond donors (Lipinski definition) is 1. The molecule has 3 rings (SSSR count). The average Bonchev–Trinajstić information content (AvgIpc) is 2.60. The normalized spacial score (nSPS) is 32.1. The van der Waals surface area contributed by atoms with Gasteiger partial charge in [0.05, 0.1) is 0 Å². The van der Waals surface area contributed by atoms with Crippen LogP contribution in [0, 0.1) is 5.92 Å². The second-order valence-electron chi connectivity index (χ2n) is 5.00. The second kappa shape index (κ2) is 5.15. The lowest BCUT2D eigenvalue weighted by atomic mass is 9.88. The van der Waals surface area contributed by atoms with Crippen LogP contribution in [0.1, 0.15) is 31.4 Å². The van der Waals surface area contributed by atoms with Gasteiger partial charge in [-0.15, -0.1) is 12.4 Å². The summed E-state index contributed by atoms with van der Waals surface area (Å²) in [4.78, 5) is 4.42. The predicted molar refractivity (Wildman–Crippen MR) is 67.9 cm³/mol. The number of rotatable bonds is 2. The second-order valence-corrected chi connectivity index (χ2v) is 5.00. The lowest BCUT2D eigenvalue weighted by Crippen LogP contribution is -2.38. The molecule has 2 fully saturated rings. The van der Waals surface area contributed by atoms with E-state index in [9.17, 15) is 0 Å². The molecule has 2 aliphatic heterocycles. The molecule has 1 aromatic heterocycles. The van der Waals surface area contributed by atoms with E-state index in [4.69, 9.17) is 0 Å². The van der Waals surface area contributed by atoms with Crippen molar-refractivity contribution in [2.24, 2.45) is 5.92 Å². The molecule has 2 nitrogen and oxygen atoms in total. The van der Waals surface area contributed by atoms with E-state index in [1.54, 1.807) is 0 Å². The maximum atomic E-state index is 4.42. The molecule has 88 valence electrons. The standard InChI is InChI=1S/C13H18N2.ClH/c1-2-6-14-11(3-1)7-10-8-12-4-5-13(9-10)15-12;/h1-3,6,10,12-13,15H,4-5,7-9H2;1H. The minimum absolute atomic E-state index is 0. The highest BCUT2D eigenvalue weighted by Gasteiger charge is 2.33. The van der Waals surface area contributed by atoms with Crippen LogP contribution in [0.5, 0.6) is 0 Å². The predicted octanol–water partition coefficient (Wildman–Crippen LogP) is 2.58. The highest BCUT2D eigenvalue weighted by Crippen LogP contribution is 2.32. The van der Waals surface area contributed by atoms with Crippen LogP contribution in [0.15, 0.2) is 24.4 Å². The van der Waals surface area contributed by atoms with E-state index in [1.807, 2.05) is 12.3 Å². The fourth-order valence-corrected chi connectivity index (χ4v) is 3.16. The fourth-order valence-electron chi connectivity index (χ4n) is 3.16. The quantitative estimate of drug-likeness (QED) is 0.857. The average molecular weight is 239 g/mol. The van der Waals surface area contributed by atoms with Gasteiger partial charge in [-0.1, -0.05) is 6.07 Å². The molecule has 2 aliphatic rings. The summed E-state index contributed by atoms with van der Waals surface area (Å²) in [6.07, 6.45) is 8.58. The Balaban J connectivity index is 0.000000963. The van der Waals surface area contributed by atoms with E-state index in [2.05, 4.69) is 22.4 Å². The van der Waals surface area contributed by atoms with Gasteiger partial charge in [0.25, 0.3) is 0 Å². The summed E-state index contributed by atoms with van der Waals surface area (Å²) < 4.78 is 0. The van der Waals surface area contributed by atoms with Crippen LogP contribution in [0.25, 0.3) is 0 Å². The van der Waals surface area contributed by atoms with Crippen molar-refractivity contribution in [2.75, 3.05) is 0 Å². The van der Waals surface area contributed by atoms with E-state index in [0.717, 1.165) is 18.0 Å². The highest BCUT2D eigenvalue weighted by molar-refractivity contribution is 5.85. The van der Waals surface area contributed by atoms with E-state index < -0.39 is 0 Å². The van der Waals surface area contributed by atoms with Crippen LogP contribution < -0.4 is 5.32 Å². The smallest absolute Gasteiger partial charge is 0.0406 e. The van der Waals surface area contributed by atoms with Gasteiger partial charge < -0.3 is 5.32 Å². The minimum Gasteiger partial charge on any atom is -0.311 e. The Morgan fingerprint density at radius 3 is 2.56 bits per heavy atom. The summed E-state index contributed by atoms with van der Waals surface area (Å²) in [5.41, 5.74) is 1.27. The van der Waals surface area contributed by atoms with E-state index in [0.29, 0.717) is 0 Å². The number of pyridine rings is 1. The van der Waals surface area contributed by atoms with Crippen LogP contribution in [0.4, 0.5) is 0 Å².